The monoisotopic (exact) mass is 399 g/mol. The van der Waals surface area contributed by atoms with Gasteiger partial charge in [-0.25, -0.2) is 4.79 Å². The van der Waals surface area contributed by atoms with E-state index in [9.17, 15) is 19.5 Å². The molecule has 29 heavy (non-hydrogen) atoms. The fourth-order valence-electron chi connectivity index (χ4n) is 2.56. The average Bonchev–Trinajstić information content (AvgIpc) is 2.72. The molecule has 5 N–H and O–H groups in total. The third-order valence-electron chi connectivity index (χ3n) is 4.08. The molecule has 0 aliphatic heterocycles. The van der Waals surface area contributed by atoms with Crippen LogP contribution in [0.15, 0.2) is 48.5 Å². The van der Waals surface area contributed by atoms with E-state index in [2.05, 4.69) is 5.32 Å². The summed E-state index contributed by atoms with van der Waals surface area (Å²) in [5, 5.41) is 19.5. The normalized spacial score (nSPS) is 12.3. The number of methoxy groups -OCH3 is 1. The number of carboxylic acid groups (broad SMARTS) is 1. The molecule has 0 spiro atoms. The first kappa shape index (κ1) is 21.4. The van der Waals surface area contributed by atoms with Crippen LogP contribution in [0.5, 0.6) is 11.5 Å². The lowest BCUT2D eigenvalue weighted by atomic mass is 10.0. The van der Waals surface area contributed by atoms with E-state index in [1.807, 2.05) is 0 Å². The summed E-state index contributed by atoms with van der Waals surface area (Å²) >= 11 is 0. The Labute approximate surface area is 166 Å². The number of nitrogen functional groups attached to an aromatic ring is 1. The zero-order chi connectivity index (χ0) is 21.6. The molecule has 0 fully saturated rings. The summed E-state index contributed by atoms with van der Waals surface area (Å²) in [6, 6.07) is 11.9. The number of para-hydroxylation sites is 1. The van der Waals surface area contributed by atoms with Crippen molar-refractivity contribution in [3.05, 3.63) is 59.7 Å². The van der Waals surface area contributed by atoms with Crippen molar-refractivity contribution in [1.82, 2.24) is 5.32 Å². The van der Waals surface area contributed by atoms with Crippen molar-refractivity contribution >= 4 is 23.5 Å². The second-order valence-corrected chi connectivity index (χ2v) is 5.96. The predicted octanol–water partition coefficient (Wildman–Crippen LogP) is 1.55. The number of hydrogen-bond donors (Lipinski definition) is 4. The number of carbonyl (C=O) groups excluding carboxylic acids is 2. The maximum absolute atomic E-state index is 12.9. The number of ketones is 1. The Morgan fingerprint density at radius 2 is 1.83 bits per heavy atom. The summed E-state index contributed by atoms with van der Waals surface area (Å²) in [6.45, 7) is 1.46. The maximum atomic E-state index is 12.9. The van der Waals surface area contributed by atoms with Crippen molar-refractivity contribution in [2.24, 2.45) is 5.73 Å². The van der Waals surface area contributed by atoms with E-state index >= 15 is 0 Å². The van der Waals surface area contributed by atoms with Gasteiger partial charge in [0.15, 0.2) is 0 Å². The second-order valence-electron chi connectivity index (χ2n) is 5.96. The van der Waals surface area contributed by atoms with Gasteiger partial charge in [0, 0.05) is 12.0 Å². The number of rotatable bonds is 9. The van der Waals surface area contributed by atoms with Crippen molar-refractivity contribution in [2.45, 2.75) is 19.1 Å². The third-order valence-corrected chi connectivity index (χ3v) is 4.08. The van der Waals surface area contributed by atoms with Gasteiger partial charge in [0.05, 0.1) is 12.7 Å². The Kier molecular flexibility index (Phi) is 6.55. The lowest BCUT2D eigenvalue weighted by Gasteiger charge is -2.29. The van der Waals surface area contributed by atoms with Crippen LogP contribution in [0.3, 0.4) is 0 Å². The Balaban J connectivity index is 2.48. The molecule has 0 bridgehead atoms. The van der Waals surface area contributed by atoms with E-state index in [-0.39, 0.29) is 29.3 Å². The molecule has 2 aromatic carbocycles. The van der Waals surface area contributed by atoms with Crippen LogP contribution < -0.4 is 20.5 Å². The van der Waals surface area contributed by atoms with Crippen LogP contribution in [0.25, 0.3) is 0 Å². The lowest BCUT2D eigenvalue weighted by Crippen LogP contribution is -2.64. The molecule has 1 unspecified atom stereocenters. The summed E-state index contributed by atoms with van der Waals surface area (Å²) in [7, 11) is 1.30. The SMILES string of the molecule is CCC(=O)C(NC(=O)c1ccc(C(=N)N)cc1OC)(Oc1ccccc1)C(=O)O. The minimum absolute atomic E-state index is 0.0521. The molecule has 9 heteroatoms. The molecule has 2 aromatic rings. The Bertz CT molecular complexity index is 944. The minimum Gasteiger partial charge on any atom is -0.496 e. The number of amides is 1. The fourth-order valence-corrected chi connectivity index (χ4v) is 2.56. The molecule has 0 aliphatic rings. The quantitative estimate of drug-likeness (QED) is 0.216. The summed E-state index contributed by atoms with van der Waals surface area (Å²) in [5.41, 5.74) is 3.07. The molecule has 0 saturated carbocycles. The number of benzene rings is 2. The number of aliphatic carboxylic acids is 1. The Morgan fingerprint density at radius 3 is 2.34 bits per heavy atom. The number of ether oxygens (including phenoxy) is 2. The minimum atomic E-state index is -2.63. The predicted molar refractivity (Wildman–Crippen MR) is 104 cm³/mol. The van der Waals surface area contributed by atoms with Gasteiger partial charge in [0.1, 0.15) is 17.3 Å². The van der Waals surface area contributed by atoms with E-state index in [1.165, 1.54) is 44.4 Å². The average molecular weight is 399 g/mol. The van der Waals surface area contributed by atoms with Gasteiger partial charge in [-0.3, -0.25) is 20.3 Å². The van der Waals surface area contributed by atoms with Gasteiger partial charge in [-0.2, -0.15) is 0 Å². The van der Waals surface area contributed by atoms with Gasteiger partial charge in [-0.15, -0.1) is 0 Å². The zero-order valence-electron chi connectivity index (χ0n) is 15.9. The summed E-state index contributed by atoms with van der Waals surface area (Å²) in [6.07, 6.45) is -0.195. The van der Waals surface area contributed by atoms with Crippen LogP contribution >= 0.6 is 0 Å². The number of hydrogen-bond acceptors (Lipinski definition) is 6. The number of Topliss-reactive ketones (excluding diaryl/α,β-unsaturated/α-hetero) is 1. The van der Waals surface area contributed by atoms with Crippen LogP contribution in [-0.4, -0.2) is 41.4 Å². The smallest absolute Gasteiger partial charge is 0.378 e. The van der Waals surface area contributed by atoms with Gasteiger partial charge >= 0.3 is 11.7 Å². The standard InChI is InChI=1S/C20H21N3O6/c1-3-16(24)20(19(26)27,29-13-7-5-4-6-8-13)23-18(25)14-10-9-12(17(21)22)11-15(14)28-2/h4-11H,3H2,1-2H3,(H3,21,22)(H,23,25)(H,26,27). The van der Waals surface area contributed by atoms with Crippen LogP contribution in [0.1, 0.15) is 29.3 Å². The van der Waals surface area contributed by atoms with Gasteiger partial charge in [0.25, 0.3) is 5.91 Å². The molecular formula is C20H21N3O6. The van der Waals surface area contributed by atoms with Crippen molar-refractivity contribution in [3.63, 3.8) is 0 Å². The first-order valence-corrected chi connectivity index (χ1v) is 8.60. The maximum Gasteiger partial charge on any atom is 0.378 e. The first-order valence-electron chi connectivity index (χ1n) is 8.60. The van der Waals surface area contributed by atoms with Crippen molar-refractivity contribution < 1.29 is 29.0 Å². The van der Waals surface area contributed by atoms with Crippen LogP contribution in [0.4, 0.5) is 0 Å². The molecule has 0 heterocycles. The Morgan fingerprint density at radius 1 is 1.17 bits per heavy atom. The summed E-state index contributed by atoms with van der Waals surface area (Å²) < 4.78 is 10.6. The Hall–Kier alpha value is -3.88. The van der Waals surface area contributed by atoms with Gasteiger partial charge < -0.3 is 20.3 Å². The van der Waals surface area contributed by atoms with Crippen LogP contribution in [-0.2, 0) is 9.59 Å². The first-order chi connectivity index (χ1) is 13.7. The number of amidine groups is 1. The topological polar surface area (TPSA) is 152 Å². The van der Waals surface area contributed by atoms with Gasteiger partial charge in [-0.05, 0) is 24.3 Å². The van der Waals surface area contributed by atoms with E-state index in [1.54, 1.807) is 18.2 Å². The molecule has 152 valence electrons. The molecule has 2 rings (SSSR count). The number of carbonyl (C=O) groups is 3. The number of nitrogens with two attached hydrogens (primary N) is 1. The summed E-state index contributed by atoms with van der Waals surface area (Å²) in [5.74, 6) is -3.50. The van der Waals surface area contributed by atoms with E-state index in [0.717, 1.165) is 0 Å². The second kappa shape index (κ2) is 8.87. The highest BCUT2D eigenvalue weighted by Gasteiger charge is 2.50. The zero-order valence-corrected chi connectivity index (χ0v) is 15.9. The molecular weight excluding hydrogens is 378 g/mol. The molecule has 0 aliphatic carbocycles. The number of carboxylic acids is 1. The molecule has 0 aromatic heterocycles. The third kappa shape index (κ3) is 4.52. The van der Waals surface area contributed by atoms with Crippen molar-refractivity contribution in [2.75, 3.05) is 7.11 Å². The van der Waals surface area contributed by atoms with Crippen LogP contribution in [0, 0.1) is 5.41 Å². The highest BCUT2D eigenvalue weighted by molar-refractivity contribution is 6.11. The van der Waals surface area contributed by atoms with Crippen LogP contribution in [0.2, 0.25) is 0 Å². The highest BCUT2D eigenvalue weighted by Crippen LogP contribution is 2.24. The molecule has 9 nitrogen and oxygen atoms in total. The van der Waals surface area contributed by atoms with Crippen molar-refractivity contribution in [3.8, 4) is 11.5 Å². The highest BCUT2D eigenvalue weighted by atomic mass is 16.5. The van der Waals surface area contributed by atoms with Gasteiger partial charge in [0.2, 0.25) is 5.78 Å². The summed E-state index contributed by atoms with van der Waals surface area (Å²) in [4.78, 5) is 37.5. The lowest BCUT2D eigenvalue weighted by molar-refractivity contribution is -0.164. The van der Waals surface area contributed by atoms with Crippen molar-refractivity contribution in [1.29, 1.82) is 5.41 Å². The molecule has 0 radical (unpaired) electrons. The van der Waals surface area contributed by atoms with E-state index in [4.69, 9.17) is 20.6 Å². The van der Waals surface area contributed by atoms with Gasteiger partial charge in [-0.1, -0.05) is 31.2 Å². The van der Waals surface area contributed by atoms with E-state index in [0.29, 0.717) is 5.56 Å². The molecule has 1 atom stereocenters. The largest absolute Gasteiger partial charge is 0.496 e. The molecule has 1 amide bonds. The fraction of sp³-hybridized carbons (Fsp3) is 0.200. The van der Waals surface area contributed by atoms with E-state index < -0.39 is 23.4 Å². The molecule has 0 saturated heterocycles. The number of nitrogens with one attached hydrogen (secondary N) is 2.